The fourth-order valence-corrected chi connectivity index (χ4v) is 1.06. The van der Waals surface area contributed by atoms with Crippen LogP contribution in [0.25, 0.3) is 0 Å². The van der Waals surface area contributed by atoms with Crippen molar-refractivity contribution in [1.29, 1.82) is 0 Å². The van der Waals surface area contributed by atoms with Gasteiger partial charge in [0, 0.05) is 13.1 Å². The van der Waals surface area contributed by atoms with Gasteiger partial charge in [-0.1, -0.05) is 0 Å². The maximum atomic E-state index is 12.3. The summed E-state index contributed by atoms with van der Waals surface area (Å²) in [5.74, 6) is 0. The van der Waals surface area contributed by atoms with Crippen molar-refractivity contribution >= 4 is 6.29 Å². The van der Waals surface area contributed by atoms with Gasteiger partial charge in [-0.2, -0.15) is 0 Å². The smallest absolute Gasteiger partial charge is 0.133 e. The lowest BCUT2D eigenvalue weighted by Gasteiger charge is -2.07. The minimum atomic E-state index is -0.704. The lowest BCUT2D eigenvalue weighted by molar-refractivity contribution is -0.108. The maximum Gasteiger partial charge on any atom is 0.133 e. The summed E-state index contributed by atoms with van der Waals surface area (Å²) < 4.78 is 12.3. The van der Waals surface area contributed by atoms with Crippen molar-refractivity contribution in [2.75, 3.05) is 19.6 Å². The van der Waals surface area contributed by atoms with Gasteiger partial charge >= 0.3 is 0 Å². The van der Waals surface area contributed by atoms with Crippen LogP contribution in [0.15, 0.2) is 0 Å². The molecule has 0 N–H and O–H groups in total. The van der Waals surface area contributed by atoms with E-state index in [1.54, 1.807) is 0 Å². The second-order valence-electron chi connectivity index (χ2n) is 2.31. The van der Waals surface area contributed by atoms with Gasteiger partial charge in [-0.05, 0) is 6.42 Å². The number of nitrogens with zero attached hydrogens (tertiary/aromatic N) is 1. The highest BCUT2D eigenvalue weighted by Crippen LogP contribution is 2.10. The Morgan fingerprint density at radius 3 is 3.00 bits per heavy atom. The molecule has 1 aliphatic heterocycles. The van der Waals surface area contributed by atoms with Gasteiger partial charge in [0.05, 0.1) is 6.54 Å². The van der Waals surface area contributed by atoms with Gasteiger partial charge < -0.3 is 4.79 Å². The van der Waals surface area contributed by atoms with Crippen molar-refractivity contribution in [3.05, 3.63) is 0 Å². The van der Waals surface area contributed by atoms with Crippen LogP contribution in [0.2, 0.25) is 0 Å². The van der Waals surface area contributed by atoms with Gasteiger partial charge in [-0.3, -0.25) is 4.90 Å². The Kier molecular flexibility index (Phi) is 2.16. The number of alkyl halides is 1. The number of rotatable bonds is 2. The van der Waals surface area contributed by atoms with Crippen molar-refractivity contribution in [3.63, 3.8) is 0 Å². The summed E-state index contributed by atoms with van der Waals surface area (Å²) in [5.41, 5.74) is 0. The second-order valence-corrected chi connectivity index (χ2v) is 2.31. The molecule has 1 saturated heterocycles. The van der Waals surface area contributed by atoms with E-state index < -0.39 is 6.17 Å². The Hall–Kier alpha value is -0.440. The van der Waals surface area contributed by atoms with Crippen LogP contribution in [0.1, 0.15) is 6.42 Å². The van der Waals surface area contributed by atoms with E-state index in [-0.39, 0.29) is 0 Å². The highest BCUT2D eigenvalue weighted by Gasteiger charge is 2.20. The first-order valence-electron chi connectivity index (χ1n) is 3.13. The zero-order chi connectivity index (χ0) is 6.69. The lowest BCUT2D eigenvalue weighted by Crippen LogP contribution is -2.22. The average molecular weight is 131 g/mol. The highest BCUT2D eigenvalue weighted by molar-refractivity contribution is 5.52. The Balaban J connectivity index is 2.21. The molecule has 0 amide bonds. The van der Waals surface area contributed by atoms with Crippen LogP contribution in [0, 0.1) is 0 Å². The Bertz CT molecular complexity index is 107. The number of carbonyl (C=O) groups is 1. The van der Waals surface area contributed by atoms with Crippen LogP contribution in [0.5, 0.6) is 0 Å². The number of halogens is 1. The van der Waals surface area contributed by atoms with Gasteiger partial charge in [-0.15, -0.1) is 0 Å². The number of hydrogen-bond acceptors (Lipinski definition) is 2. The summed E-state index contributed by atoms with van der Waals surface area (Å²) in [4.78, 5) is 11.7. The predicted molar refractivity (Wildman–Crippen MR) is 32.0 cm³/mol. The van der Waals surface area contributed by atoms with Gasteiger partial charge in [0.25, 0.3) is 0 Å². The second kappa shape index (κ2) is 2.92. The molecule has 1 rings (SSSR count). The normalized spacial score (nSPS) is 28.8. The fraction of sp³-hybridized carbons (Fsp3) is 0.833. The topological polar surface area (TPSA) is 20.3 Å². The SMILES string of the molecule is O=CCN1CCC(F)C1. The van der Waals surface area contributed by atoms with Crippen molar-refractivity contribution in [3.8, 4) is 0 Å². The molecular formula is C6H10FNO. The van der Waals surface area contributed by atoms with Gasteiger partial charge in [0.15, 0.2) is 0 Å². The molecular weight excluding hydrogens is 121 g/mol. The van der Waals surface area contributed by atoms with Crippen LogP contribution in [-0.4, -0.2) is 37.0 Å². The first-order valence-corrected chi connectivity index (χ1v) is 3.13. The Morgan fingerprint density at radius 1 is 1.78 bits per heavy atom. The number of aldehydes is 1. The molecule has 0 aliphatic carbocycles. The Labute approximate surface area is 53.6 Å². The van der Waals surface area contributed by atoms with E-state index in [1.807, 2.05) is 4.90 Å². The van der Waals surface area contributed by atoms with Gasteiger partial charge in [0.2, 0.25) is 0 Å². The van der Waals surface area contributed by atoms with Gasteiger partial charge in [-0.25, -0.2) is 4.39 Å². The minimum absolute atomic E-state index is 0.389. The van der Waals surface area contributed by atoms with Crippen molar-refractivity contribution in [2.45, 2.75) is 12.6 Å². The van der Waals surface area contributed by atoms with E-state index in [4.69, 9.17) is 0 Å². The van der Waals surface area contributed by atoms with Crippen LogP contribution >= 0.6 is 0 Å². The van der Waals surface area contributed by atoms with E-state index >= 15 is 0 Å². The van der Waals surface area contributed by atoms with E-state index in [2.05, 4.69) is 0 Å². The lowest BCUT2D eigenvalue weighted by atomic mass is 10.3. The van der Waals surface area contributed by atoms with Crippen LogP contribution in [0.3, 0.4) is 0 Å². The molecule has 1 unspecified atom stereocenters. The average Bonchev–Trinajstić information content (AvgIpc) is 2.17. The summed E-state index contributed by atoms with van der Waals surface area (Å²) in [6, 6.07) is 0. The van der Waals surface area contributed by atoms with Crippen LogP contribution in [-0.2, 0) is 4.79 Å². The molecule has 0 radical (unpaired) electrons. The van der Waals surface area contributed by atoms with Crippen LogP contribution < -0.4 is 0 Å². The number of likely N-dealkylation sites (tertiary alicyclic amines) is 1. The molecule has 2 nitrogen and oxygen atoms in total. The van der Waals surface area contributed by atoms with Crippen LogP contribution in [0.4, 0.5) is 4.39 Å². The van der Waals surface area contributed by atoms with Gasteiger partial charge in [0.1, 0.15) is 12.5 Å². The third kappa shape index (κ3) is 1.75. The molecule has 1 atom stereocenters. The molecule has 9 heavy (non-hydrogen) atoms. The summed E-state index contributed by atoms with van der Waals surface area (Å²) in [5, 5.41) is 0. The molecule has 0 aromatic heterocycles. The first kappa shape index (κ1) is 6.68. The minimum Gasteiger partial charge on any atom is -0.302 e. The molecule has 3 heteroatoms. The molecule has 1 aliphatic rings. The van der Waals surface area contributed by atoms with E-state index in [1.165, 1.54) is 0 Å². The zero-order valence-corrected chi connectivity index (χ0v) is 5.22. The molecule has 1 heterocycles. The van der Waals surface area contributed by atoms with Crippen molar-refractivity contribution < 1.29 is 9.18 Å². The molecule has 0 saturated carbocycles. The molecule has 0 aromatic rings. The van der Waals surface area contributed by atoms with Crippen molar-refractivity contribution in [1.82, 2.24) is 4.90 Å². The third-order valence-electron chi connectivity index (χ3n) is 1.55. The first-order chi connectivity index (χ1) is 4.33. The quantitative estimate of drug-likeness (QED) is 0.500. The van der Waals surface area contributed by atoms with E-state index in [9.17, 15) is 9.18 Å². The molecule has 52 valence electrons. The van der Waals surface area contributed by atoms with Crippen molar-refractivity contribution in [2.24, 2.45) is 0 Å². The fourth-order valence-electron chi connectivity index (χ4n) is 1.06. The Morgan fingerprint density at radius 2 is 2.56 bits per heavy atom. The monoisotopic (exact) mass is 131 g/mol. The molecule has 0 aromatic carbocycles. The molecule has 0 spiro atoms. The summed E-state index contributed by atoms with van der Waals surface area (Å²) in [6.45, 7) is 1.57. The largest absolute Gasteiger partial charge is 0.302 e. The zero-order valence-electron chi connectivity index (χ0n) is 5.22. The van der Waals surface area contributed by atoms with E-state index in [0.29, 0.717) is 19.5 Å². The molecule has 0 bridgehead atoms. The molecule has 1 fully saturated rings. The number of hydrogen-bond donors (Lipinski definition) is 0. The summed E-state index contributed by atoms with van der Waals surface area (Å²) in [7, 11) is 0. The predicted octanol–water partition coefficient (Wildman–Crippen LogP) is 0.229. The van der Waals surface area contributed by atoms with E-state index in [0.717, 1.165) is 12.8 Å². The standard InChI is InChI=1S/C6H10FNO/c7-6-1-2-8(5-6)3-4-9/h4,6H,1-3,5H2. The summed E-state index contributed by atoms with van der Waals surface area (Å²) >= 11 is 0. The maximum absolute atomic E-state index is 12.3. The highest BCUT2D eigenvalue weighted by atomic mass is 19.1. The number of carbonyl (C=O) groups excluding carboxylic acids is 1. The third-order valence-corrected chi connectivity index (χ3v) is 1.55. The summed E-state index contributed by atoms with van der Waals surface area (Å²) in [6.07, 6.45) is 0.705.